The minimum Gasteiger partial charge on any atom is -0.432 e. The van der Waals surface area contributed by atoms with Crippen LogP contribution in [0.4, 0.5) is 5.82 Å². The lowest BCUT2D eigenvalue weighted by molar-refractivity contribution is 0.271. The zero-order chi connectivity index (χ0) is 17.6. The van der Waals surface area contributed by atoms with Crippen molar-refractivity contribution in [1.82, 2.24) is 15.0 Å². The molecule has 0 fully saturated rings. The van der Waals surface area contributed by atoms with E-state index < -0.39 is 0 Å². The van der Waals surface area contributed by atoms with Crippen LogP contribution in [0.5, 0.6) is 0 Å². The second kappa shape index (κ2) is 6.26. The van der Waals surface area contributed by atoms with Gasteiger partial charge in [0.25, 0.3) is 0 Å². The maximum Gasteiger partial charge on any atom is 0.229 e. The van der Waals surface area contributed by atoms with Gasteiger partial charge in [-0.1, -0.05) is 20.8 Å². The van der Waals surface area contributed by atoms with Crippen molar-refractivity contribution >= 4 is 28.0 Å². The summed E-state index contributed by atoms with van der Waals surface area (Å²) in [5.74, 6) is 0.994. The molecule has 3 heterocycles. The van der Waals surface area contributed by atoms with Gasteiger partial charge >= 0.3 is 0 Å². The number of pyridine rings is 1. The summed E-state index contributed by atoms with van der Waals surface area (Å²) in [7, 11) is 0. The maximum atomic E-state index is 9.47. The molecule has 1 atom stereocenters. The quantitative estimate of drug-likeness (QED) is 0.739. The minimum atomic E-state index is -0.0591. The minimum absolute atomic E-state index is 0.0490. The van der Waals surface area contributed by atoms with E-state index in [4.69, 9.17) is 9.40 Å². The molecule has 1 unspecified atom stereocenters. The van der Waals surface area contributed by atoms with E-state index in [0.717, 1.165) is 42.3 Å². The molecule has 0 aromatic carbocycles. The lowest BCUT2D eigenvalue weighted by Crippen LogP contribution is -2.23. The van der Waals surface area contributed by atoms with Crippen molar-refractivity contribution in [2.24, 2.45) is 0 Å². The second-order valence-electron chi connectivity index (χ2n) is 7.08. The molecule has 3 aromatic rings. The standard InChI is InChI=1S/C19H24N4O2/c1-4-11(8-24)22-18-17-16(20-9-21-18)14-12-6-5-7-13(12)15(10(2)3)23-19(14)25-17/h9-11,24H,4-8H2,1-3H3,(H,20,21,22). The number of nitrogens with one attached hydrogen (secondary N) is 1. The Morgan fingerprint density at radius 2 is 2.04 bits per heavy atom. The Hall–Kier alpha value is -2.21. The van der Waals surface area contributed by atoms with E-state index in [1.54, 1.807) is 6.33 Å². The van der Waals surface area contributed by atoms with E-state index in [9.17, 15) is 5.11 Å². The first-order valence-corrected chi connectivity index (χ1v) is 9.10. The van der Waals surface area contributed by atoms with Crippen LogP contribution in [-0.4, -0.2) is 32.7 Å². The van der Waals surface area contributed by atoms with Gasteiger partial charge < -0.3 is 14.8 Å². The van der Waals surface area contributed by atoms with Gasteiger partial charge in [0.15, 0.2) is 11.4 Å². The number of hydrogen-bond donors (Lipinski definition) is 2. The van der Waals surface area contributed by atoms with Crippen LogP contribution in [0.2, 0.25) is 0 Å². The smallest absolute Gasteiger partial charge is 0.229 e. The van der Waals surface area contributed by atoms with E-state index in [0.29, 0.717) is 23.0 Å². The third-order valence-electron chi connectivity index (χ3n) is 5.10. The fraction of sp³-hybridized carbons (Fsp3) is 0.526. The first-order chi connectivity index (χ1) is 12.1. The predicted molar refractivity (Wildman–Crippen MR) is 98.0 cm³/mol. The van der Waals surface area contributed by atoms with E-state index in [1.807, 2.05) is 6.92 Å². The van der Waals surface area contributed by atoms with Crippen molar-refractivity contribution in [3.63, 3.8) is 0 Å². The average Bonchev–Trinajstić information content (AvgIpc) is 3.22. The summed E-state index contributed by atoms with van der Waals surface area (Å²) in [5, 5.41) is 13.8. The van der Waals surface area contributed by atoms with Crippen LogP contribution in [0.15, 0.2) is 10.7 Å². The highest BCUT2D eigenvalue weighted by Gasteiger charge is 2.26. The van der Waals surface area contributed by atoms with E-state index in [2.05, 4.69) is 29.1 Å². The van der Waals surface area contributed by atoms with E-state index in [1.165, 1.54) is 11.1 Å². The molecule has 1 aliphatic rings. The first-order valence-electron chi connectivity index (χ1n) is 9.10. The molecule has 0 spiro atoms. The first kappa shape index (κ1) is 16.3. The normalized spacial score (nSPS) is 15.2. The molecule has 25 heavy (non-hydrogen) atoms. The van der Waals surface area contributed by atoms with Gasteiger partial charge in [0.05, 0.1) is 23.7 Å². The van der Waals surface area contributed by atoms with Gasteiger partial charge in [-0.25, -0.2) is 15.0 Å². The van der Waals surface area contributed by atoms with Gasteiger partial charge in [-0.05, 0) is 42.7 Å². The average molecular weight is 340 g/mol. The summed E-state index contributed by atoms with van der Waals surface area (Å²) in [6, 6.07) is -0.0591. The molecule has 4 rings (SSSR count). The van der Waals surface area contributed by atoms with Gasteiger partial charge in [0.1, 0.15) is 11.8 Å². The topological polar surface area (TPSA) is 84.1 Å². The molecule has 0 amide bonds. The molecule has 1 aliphatic carbocycles. The number of anilines is 1. The molecule has 6 heteroatoms. The van der Waals surface area contributed by atoms with Crippen LogP contribution >= 0.6 is 0 Å². The van der Waals surface area contributed by atoms with Crippen LogP contribution in [0.25, 0.3) is 22.2 Å². The van der Waals surface area contributed by atoms with Gasteiger partial charge in [-0.3, -0.25) is 0 Å². The number of rotatable bonds is 5. The molecule has 0 saturated carbocycles. The van der Waals surface area contributed by atoms with Gasteiger partial charge in [-0.2, -0.15) is 0 Å². The Morgan fingerprint density at radius 1 is 1.24 bits per heavy atom. The fourth-order valence-electron chi connectivity index (χ4n) is 3.78. The zero-order valence-corrected chi connectivity index (χ0v) is 15.0. The highest BCUT2D eigenvalue weighted by atomic mass is 16.3. The Bertz CT molecular complexity index is 928. The SMILES string of the molecule is CCC(CO)Nc1ncnc2c1oc1nc(C(C)C)c3c(c12)CCC3. The molecule has 0 radical (unpaired) electrons. The number of nitrogens with zero attached hydrogens (tertiary/aromatic N) is 3. The van der Waals surface area contributed by atoms with Crippen LogP contribution in [0.1, 0.15) is 56.4 Å². The fourth-order valence-corrected chi connectivity index (χ4v) is 3.78. The Morgan fingerprint density at radius 3 is 2.76 bits per heavy atom. The summed E-state index contributed by atoms with van der Waals surface area (Å²) >= 11 is 0. The van der Waals surface area contributed by atoms with Crippen molar-refractivity contribution in [2.75, 3.05) is 11.9 Å². The molecular weight excluding hydrogens is 316 g/mol. The molecule has 6 nitrogen and oxygen atoms in total. The maximum absolute atomic E-state index is 9.47. The molecule has 132 valence electrons. The molecular formula is C19H24N4O2. The van der Waals surface area contributed by atoms with Crippen LogP contribution in [-0.2, 0) is 12.8 Å². The number of aryl methyl sites for hydroxylation is 1. The monoisotopic (exact) mass is 340 g/mol. The summed E-state index contributed by atoms with van der Waals surface area (Å²) in [4.78, 5) is 13.7. The largest absolute Gasteiger partial charge is 0.432 e. The summed E-state index contributed by atoms with van der Waals surface area (Å²) in [5.41, 5.74) is 5.96. The number of hydrogen-bond acceptors (Lipinski definition) is 6. The number of furan rings is 1. The molecule has 2 N–H and O–H groups in total. The van der Waals surface area contributed by atoms with E-state index in [-0.39, 0.29) is 12.6 Å². The van der Waals surface area contributed by atoms with Crippen LogP contribution < -0.4 is 5.32 Å². The van der Waals surface area contributed by atoms with Gasteiger partial charge in [-0.15, -0.1) is 0 Å². The highest BCUT2D eigenvalue weighted by Crippen LogP contribution is 2.39. The predicted octanol–water partition coefficient (Wildman–Crippen LogP) is 3.57. The Kier molecular flexibility index (Phi) is 4.07. The number of fused-ring (bicyclic) bond motifs is 5. The Balaban J connectivity index is 1.96. The molecule has 0 saturated heterocycles. The Labute approximate surface area is 146 Å². The third-order valence-corrected chi connectivity index (χ3v) is 5.10. The lowest BCUT2D eigenvalue weighted by Gasteiger charge is -2.14. The summed E-state index contributed by atoms with van der Waals surface area (Å²) < 4.78 is 6.11. The van der Waals surface area contributed by atoms with Crippen LogP contribution in [0.3, 0.4) is 0 Å². The van der Waals surface area contributed by atoms with Gasteiger partial charge in [0.2, 0.25) is 5.71 Å². The second-order valence-corrected chi connectivity index (χ2v) is 7.08. The number of aromatic nitrogens is 3. The third kappa shape index (κ3) is 2.56. The van der Waals surface area contributed by atoms with Crippen LogP contribution in [0, 0.1) is 0 Å². The number of aliphatic hydroxyl groups excluding tert-OH is 1. The van der Waals surface area contributed by atoms with Crippen molar-refractivity contribution in [3.05, 3.63) is 23.1 Å². The molecule has 3 aromatic heterocycles. The lowest BCUT2D eigenvalue weighted by atomic mass is 9.99. The molecule has 0 aliphatic heterocycles. The highest BCUT2D eigenvalue weighted by molar-refractivity contribution is 6.06. The van der Waals surface area contributed by atoms with E-state index >= 15 is 0 Å². The van der Waals surface area contributed by atoms with Crippen molar-refractivity contribution < 1.29 is 9.52 Å². The zero-order valence-electron chi connectivity index (χ0n) is 15.0. The summed E-state index contributed by atoms with van der Waals surface area (Å²) in [6.45, 7) is 6.42. The molecule has 0 bridgehead atoms. The number of aliphatic hydroxyl groups is 1. The van der Waals surface area contributed by atoms with Crippen molar-refractivity contribution in [1.29, 1.82) is 0 Å². The van der Waals surface area contributed by atoms with Crippen molar-refractivity contribution in [3.8, 4) is 0 Å². The van der Waals surface area contributed by atoms with Gasteiger partial charge in [0, 0.05) is 0 Å². The summed E-state index contributed by atoms with van der Waals surface area (Å²) in [6.07, 6.45) is 5.64. The van der Waals surface area contributed by atoms with Crippen molar-refractivity contribution in [2.45, 2.75) is 58.4 Å².